The van der Waals surface area contributed by atoms with Crippen LogP contribution in [-0.2, 0) is 24.3 Å². The monoisotopic (exact) mass is 405 g/mol. The summed E-state index contributed by atoms with van der Waals surface area (Å²) in [6.07, 6.45) is 0.514. The largest absolute Gasteiger partial charge is 0.449 e. The summed E-state index contributed by atoms with van der Waals surface area (Å²) in [4.78, 5) is 38.9. The number of nitrogens with one attached hydrogen (secondary N) is 1. The first-order chi connectivity index (χ1) is 14.5. The Balaban J connectivity index is 1.88. The van der Waals surface area contributed by atoms with Crippen molar-refractivity contribution in [2.24, 2.45) is 0 Å². The van der Waals surface area contributed by atoms with Crippen LogP contribution in [0.25, 0.3) is 22.1 Å². The van der Waals surface area contributed by atoms with E-state index in [1.165, 1.54) is 4.57 Å². The lowest BCUT2D eigenvalue weighted by molar-refractivity contribution is -0.122. The lowest BCUT2D eigenvalue weighted by Gasteiger charge is -2.13. The number of rotatable bonds is 6. The topological polar surface area (TPSA) is 86.2 Å². The summed E-state index contributed by atoms with van der Waals surface area (Å²) < 4.78 is 8.30. The molecule has 4 rings (SSSR count). The molecule has 7 nitrogen and oxygen atoms in total. The molecule has 0 spiro atoms. The fourth-order valence-corrected chi connectivity index (χ4v) is 3.64. The zero-order chi connectivity index (χ0) is 21.3. The number of aryl methyl sites for hydroxylation is 1. The van der Waals surface area contributed by atoms with E-state index in [9.17, 15) is 14.4 Å². The Morgan fingerprint density at radius 3 is 2.43 bits per heavy atom. The van der Waals surface area contributed by atoms with Crippen molar-refractivity contribution < 1.29 is 9.21 Å². The first-order valence-electron chi connectivity index (χ1n) is 9.94. The maximum absolute atomic E-state index is 13.3. The van der Waals surface area contributed by atoms with Crippen LogP contribution in [0.2, 0.25) is 0 Å². The van der Waals surface area contributed by atoms with Crippen molar-refractivity contribution in [2.45, 2.75) is 39.4 Å². The molecular weight excluding hydrogens is 382 g/mol. The highest BCUT2D eigenvalue weighted by molar-refractivity contribution is 6.02. The third-order valence-corrected chi connectivity index (χ3v) is 4.96. The molecule has 7 heteroatoms. The fourth-order valence-electron chi connectivity index (χ4n) is 3.64. The lowest BCUT2D eigenvalue weighted by Crippen LogP contribution is -2.43. The van der Waals surface area contributed by atoms with E-state index in [1.54, 1.807) is 24.3 Å². The Labute approximate surface area is 172 Å². The quantitative estimate of drug-likeness (QED) is 0.534. The summed E-state index contributed by atoms with van der Waals surface area (Å²) in [5, 5.41) is 3.43. The molecule has 0 fully saturated rings. The highest BCUT2D eigenvalue weighted by Crippen LogP contribution is 2.25. The number of amides is 1. The van der Waals surface area contributed by atoms with Crippen LogP contribution in [0.15, 0.2) is 68.6 Å². The minimum Gasteiger partial charge on any atom is -0.449 e. The highest BCUT2D eigenvalue weighted by atomic mass is 16.3. The summed E-state index contributed by atoms with van der Waals surface area (Å²) in [6, 6.07) is 16.7. The summed E-state index contributed by atoms with van der Waals surface area (Å²) in [6.45, 7) is 3.71. The van der Waals surface area contributed by atoms with E-state index < -0.39 is 11.2 Å². The van der Waals surface area contributed by atoms with E-state index in [1.807, 2.05) is 44.2 Å². The summed E-state index contributed by atoms with van der Waals surface area (Å²) >= 11 is 0. The summed E-state index contributed by atoms with van der Waals surface area (Å²) in [5.74, 6) is -0.299. The van der Waals surface area contributed by atoms with Crippen molar-refractivity contribution in [3.63, 3.8) is 0 Å². The third kappa shape index (κ3) is 3.66. The highest BCUT2D eigenvalue weighted by Gasteiger charge is 2.21. The molecule has 0 bridgehead atoms. The first kappa shape index (κ1) is 19.7. The number of para-hydroxylation sites is 1. The van der Waals surface area contributed by atoms with Crippen molar-refractivity contribution in [1.29, 1.82) is 0 Å². The number of hydrogen-bond donors (Lipinski definition) is 1. The fraction of sp³-hybridized carbons (Fsp3) is 0.261. The molecule has 0 atom stereocenters. The van der Waals surface area contributed by atoms with E-state index in [0.29, 0.717) is 22.9 Å². The van der Waals surface area contributed by atoms with Gasteiger partial charge in [-0.1, -0.05) is 42.5 Å². The number of fused-ring (bicyclic) bond motifs is 3. The van der Waals surface area contributed by atoms with Crippen LogP contribution in [0, 0.1) is 0 Å². The maximum atomic E-state index is 13.3. The Bertz CT molecular complexity index is 1330. The van der Waals surface area contributed by atoms with Crippen LogP contribution < -0.4 is 16.6 Å². The van der Waals surface area contributed by atoms with Crippen LogP contribution in [0.1, 0.15) is 19.4 Å². The number of nitrogens with zero attached hydrogens (tertiary/aromatic N) is 2. The Morgan fingerprint density at radius 2 is 1.70 bits per heavy atom. The summed E-state index contributed by atoms with van der Waals surface area (Å²) in [5.41, 5.74) is 0.952. The third-order valence-electron chi connectivity index (χ3n) is 4.96. The van der Waals surface area contributed by atoms with E-state index in [0.717, 1.165) is 10.1 Å². The van der Waals surface area contributed by atoms with Crippen LogP contribution in [-0.4, -0.2) is 21.1 Å². The molecule has 154 valence electrons. The van der Waals surface area contributed by atoms with Gasteiger partial charge in [0.25, 0.3) is 5.56 Å². The molecule has 0 unspecified atom stereocenters. The van der Waals surface area contributed by atoms with E-state index >= 15 is 0 Å². The number of benzene rings is 2. The van der Waals surface area contributed by atoms with Gasteiger partial charge >= 0.3 is 5.69 Å². The molecule has 2 aromatic carbocycles. The van der Waals surface area contributed by atoms with Gasteiger partial charge in [-0.15, -0.1) is 0 Å². The first-order valence-corrected chi connectivity index (χ1v) is 9.94. The Kier molecular flexibility index (Phi) is 5.27. The molecule has 0 radical (unpaired) electrons. The van der Waals surface area contributed by atoms with Gasteiger partial charge in [0.15, 0.2) is 0 Å². The molecule has 2 aromatic heterocycles. The van der Waals surface area contributed by atoms with Crippen LogP contribution in [0.5, 0.6) is 0 Å². The Hall–Kier alpha value is -3.61. The standard InChI is InChI=1S/C23H23N3O4/c1-15(2)24-19(27)14-26-20-17-10-6-7-11-18(17)30-21(20)22(28)25(23(26)29)13-12-16-8-4-3-5-9-16/h3-11,15H,12-14H2,1-2H3,(H,24,27). The van der Waals surface area contributed by atoms with Crippen molar-refractivity contribution in [1.82, 2.24) is 14.5 Å². The second kappa shape index (κ2) is 8.02. The molecule has 0 saturated heterocycles. The second-order valence-electron chi connectivity index (χ2n) is 7.56. The average Bonchev–Trinajstić information content (AvgIpc) is 3.11. The van der Waals surface area contributed by atoms with Gasteiger partial charge < -0.3 is 9.73 Å². The lowest BCUT2D eigenvalue weighted by atomic mass is 10.1. The minimum absolute atomic E-state index is 0.0613. The molecule has 0 aliphatic carbocycles. The van der Waals surface area contributed by atoms with Gasteiger partial charge in [0.1, 0.15) is 17.6 Å². The smallest absolute Gasteiger partial charge is 0.332 e. The SMILES string of the molecule is CC(C)NC(=O)Cn1c(=O)n(CCc2ccccc2)c(=O)c2oc3ccccc3c21. The van der Waals surface area contributed by atoms with Crippen molar-refractivity contribution in [3.8, 4) is 0 Å². The van der Waals surface area contributed by atoms with Gasteiger partial charge in [-0.3, -0.25) is 18.7 Å². The molecule has 1 amide bonds. The Morgan fingerprint density at radius 1 is 1.00 bits per heavy atom. The number of furan rings is 1. The van der Waals surface area contributed by atoms with Gasteiger partial charge in [0.2, 0.25) is 11.5 Å². The number of carbonyl (C=O) groups excluding carboxylic acids is 1. The molecule has 0 aliphatic rings. The zero-order valence-corrected chi connectivity index (χ0v) is 16.9. The molecule has 30 heavy (non-hydrogen) atoms. The molecule has 0 saturated carbocycles. The van der Waals surface area contributed by atoms with Gasteiger partial charge in [-0.2, -0.15) is 0 Å². The number of aromatic nitrogens is 2. The number of hydrogen-bond acceptors (Lipinski definition) is 4. The van der Waals surface area contributed by atoms with Gasteiger partial charge in [0.05, 0.1) is 0 Å². The van der Waals surface area contributed by atoms with Crippen molar-refractivity contribution >= 4 is 28.0 Å². The van der Waals surface area contributed by atoms with Crippen molar-refractivity contribution in [3.05, 3.63) is 81.0 Å². The average molecular weight is 405 g/mol. The maximum Gasteiger partial charge on any atom is 0.332 e. The van der Waals surface area contributed by atoms with E-state index in [2.05, 4.69) is 5.32 Å². The summed E-state index contributed by atoms with van der Waals surface area (Å²) in [7, 11) is 0. The number of carbonyl (C=O) groups is 1. The van der Waals surface area contributed by atoms with Gasteiger partial charge in [0, 0.05) is 18.0 Å². The molecule has 4 aromatic rings. The molecule has 1 N–H and O–H groups in total. The normalized spacial score (nSPS) is 11.4. The van der Waals surface area contributed by atoms with E-state index in [-0.39, 0.29) is 30.6 Å². The second-order valence-corrected chi connectivity index (χ2v) is 7.56. The van der Waals surface area contributed by atoms with Gasteiger partial charge in [-0.05, 0) is 38.0 Å². The van der Waals surface area contributed by atoms with Crippen LogP contribution in [0.3, 0.4) is 0 Å². The van der Waals surface area contributed by atoms with E-state index in [4.69, 9.17) is 4.42 Å². The molecule has 2 heterocycles. The predicted molar refractivity (Wildman–Crippen MR) is 116 cm³/mol. The van der Waals surface area contributed by atoms with Crippen LogP contribution >= 0.6 is 0 Å². The zero-order valence-electron chi connectivity index (χ0n) is 16.9. The molecular formula is C23H23N3O4. The van der Waals surface area contributed by atoms with Gasteiger partial charge in [-0.25, -0.2) is 4.79 Å². The van der Waals surface area contributed by atoms with Crippen LogP contribution in [0.4, 0.5) is 0 Å². The predicted octanol–water partition coefficient (Wildman–Crippen LogP) is 2.68. The minimum atomic E-state index is -0.520. The van der Waals surface area contributed by atoms with Crippen molar-refractivity contribution in [2.75, 3.05) is 0 Å². The molecule has 0 aliphatic heterocycles.